The molecule has 2 saturated carbocycles. The van der Waals surface area contributed by atoms with E-state index in [0.29, 0.717) is 12.5 Å². The molecule has 1 heterocycles. The molecule has 2 aromatic carbocycles. The lowest BCUT2D eigenvalue weighted by molar-refractivity contribution is -0.618. The molecule has 3 aliphatic rings. The zero-order chi connectivity index (χ0) is 24.4. The standard InChI is InChI=1S/C30H39NO4/c1-20-17-21(2)28-24(18-20)25(19-30(35-28)15-8-16-30)31-27(32)14-7-10-22-9-6-13-26(33-3)29(22)34-23-11-4-5-12-23/h6,9,13,17-18,23,25H,4-5,7-8,10-12,14-16,19H2,1-3H3,(H,31,32)/p+2. The molecule has 0 radical (unpaired) electrons. The number of hydrogen-bond acceptors (Lipinski definition) is 3. The van der Waals surface area contributed by atoms with E-state index in [9.17, 15) is 4.79 Å². The quantitative estimate of drug-likeness (QED) is 0.519. The van der Waals surface area contributed by atoms with E-state index in [1.165, 1.54) is 41.5 Å². The van der Waals surface area contributed by atoms with Gasteiger partial charge in [0.05, 0.1) is 24.7 Å². The minimum atomic E-state index is -0.0638. The number of quaternary nitrogens is 1. The fraction of sp³-hybridized carbons (Fsp3) is 0.567. The largest absolute Gasteiger partial charge is 0.578 e. The van der Waals surface area contributed by atoms with Crippen molar-refractivity contribution in [1.82, 2.24) is 0 Å². The minimum absolute atomic E-state index is 0.0638. The summed E-state index contributed by atoms with van der Waals surface area (Å²) in [5, 5.41) is 2.00. The fourth-order valence-electron chi connectivity index (χ4n) is 6.25. The van der Waals surface area contributed by atoms with Gasteiger partial charge in [0.2, 0.25) is 5.75 Å². The summed E-state index contributed by atoms with van der Waals surface area (Å²) < 4.78 is 17.2. The van der Waals surface area contributed by atoms with Crippen molar-refractivity contribution in [2.24, 2.45) is 0 Å². The SMILES string of the molecule is COc1cccc(CCCC(=O)[NH2+]C2CC3(CCC3)Oc3c(C)cc(C)cc32)c1[OH+]C1CCCC1. The van der Waals surface area contributed by atoms with Gasteiger partial charge in [-0.2, -0.15) is 0 Å². The Morgan fingerprint density at radius 2 is 1.97 bits per heavy atom. The van der Waals surface area contributed by atoms with Crippen molar-refractivity contribution < 1.29 is 24.3 Å². The van der Waals surface area contributed by atoms with Gasteiger partial charge in [-0.1, -0.05) is 17.7 Å². The van der Waals surface area contributed by atoms with Crippen molar-refractivity contribution in [3.63, 3.8) is 0 Å². The second kappa shape index (κ2) is 10.2. The topological polar surface area (TPSA) is 64.9 Å². The zero-order valence-electron chi connectivity index (χ0n) is 21.6. The molecule has 2 aromatic rings. The maximum atomic E-state index is 13.1. The van der Waals surface area contributed by atoms with E-state index in [2.05, 4.69) is 32.0 Å². The molecule has 5 heteroatoms. The highest BCUT2D eigenvalue weighted by atomic mass is 16.5. The monoisotopic (exact) mass is 479 g/mol. The number of benzene rings is 2. The van der Waals surface area contributed by atoms with E-state index >= 15 is 0 Å². The second-order valence-electron chi connectivity index (χ2n) is 11.0. The van der Waals surface area contributed by atoms with Gasteiger partial charge < -0.3 is 14.2 Å². The molecular formula is C30H41NO4+2. The summed E-state index contributed by atoms with van der Waals surface area (Å²) in [7, 11) is 1.72. The first-order valence-electron chi connectivity index (χ1n) is 13.5. The molecule has 2 aliphatic carbocycles. The summed E-state index contributed by atoms with van der Waals surface area (Å²) in [5.74, 6) is 3.11. The Hall–Kier alpha value is -2.53. The Balaban J connectivity index is 1.23. The number of rotatable bonds is 8. The molecule has 0 bridgehead atoms. The molecule has 188 valence electrons. The third-order valence-corrected chi connectivity index (χ3v) is 8.22. The van der Waals surface area contributed by atoms with E-state index in [1.807, 2.05) is 17.4 Å². The van der Waals surface area contributed by atoms with Crippen LogP contribution in [0, 0.1) is 13.8 Å². The van der Waals surface area contributed by atoms with E-state index in [4.69, 9.17) is 14.2 Å². The number of carbonyl (C=O) groups is 1. The highest BCUT2D eigenvalue weighted by molar-refractivity contribution is 5.66. The number of amides is 1. The van der Waals surface area contributed by atoms with Crippen molar-refractivity contribution in [2.45, 2.75) is 102 Å². The van der Waals surface area contributed by atoms with Gasteiger partial charge in [0.15, 0.2) is 6.10 Å². The summed E-state index contributed by atoms with van der Waals surface area (Å²) in [4.78, 5) is 13.1. The van der Waals surface area contributed by atoms with Crippen LogP contribution in [0.4, 0.5) is 0 Å². The Morgan fingerprint density at radius 3 is 2.69 bits per heavy atom. The first kappa shape index (κ1) is 24.2. The Kier molecular flexibility index (Phi) is 7.06. The number of aliphatic hydroxyl groups is 1. The third-order valence-electron chi connectivity index (χ3n) is 8.22. The lowest BCUT2D eigenvalue weighted by Crippen LogP contribution is -2.90. The van der Waals surface area contributed by atoms with Crippen LogP contribution in [-0.4, -0.2) is 29.5 Å². The van der Waals surface area contributed by atoms with Gasteiger partial charge >= 0.3 is 11.7 Å². The molecule has 3 N–H and O–H groups in total. The Morgan fingerprint density at radius 1 is 1.17 bits per heavy atom. The van der Waals surface area contributed by atoms with Crippen molar-refractivity contribution >= 4 is 5.91 Å². The number of para-hydroxylation sites is 1. The van der Waals surface area contributed by atoms with Gasteiger partial charge in [0.25, 0.3) is 0 Å². The molecule has 35 heavy (non-hydrogen) atoms. The maximum absolute atomic E-state index is 13.1. The smallest absolute Gasteiger partial charge is 0.310 e. The molecule has 1 aliphatic heterocycles. The average Bonchev–Trinajstić information content (AvgIpc) is 3.32. The first-order valence-corrected chi connectivity index (χ1v) is 13.5. The lowest BCUT2D eigenvalue weighted by atomic mass is 9.72. The molecule has 1 spiro atoms. The van der Waals surface area contributed by atoms with Crippen molar-refractivity contribution in [3.05, 3.63) is 52.6 Å². The summed E-state index contributed by atoms with van der Waals surface area (Å²) in [5.41, 5.74) is 4.75. The molecule has 2 fully saturated rings. The third kappa shape index (κ3) is 5.20. The molecule has 0 aromatic heterocycles. The Labute approximate surface area is 209 Å². The average molecular weight is 480 g/mol. The highest BCUT2D eigenvalue weighted by Gasteiger charge is 2.48. The predicted octanol–water partition coefficient (Wildman–Crippen LogP) is 5.36. The number of carbonyl (C=O) groups excluding carboxylic acids is 1. The van der Waals surface area contributed by atoms with E-state index in [0.717, 1.165) is 62.2 Å². The number of aryl methyl sites for hydroxylation is 3. The number of nitrogens with two attached hydrogens (primary N) is 1. The summed E-state index contributed by atoms with van der Waals surface area (Å²) in [6, 6.07) is 10.7. The normalized spacial score (nSPS) is 20.7. The summed E-state index contributed by atoms with van der Waals surface area (Å²) in [6.07, 6.45) is 11.8. The van der Waals surface area contributed by atoms with Crippen LogP contribution in [0.25, 0.3) is 0 Å². The number of ether oxygens (including phenoxy) is 3. The molecule has 1 atom stereocenters. The summed E-state index contributed by atoms with van der Waals surface area (Å²) >= 11 is 0. The first-order chi connectivity index (χ1) is 17.0. The molecule has 0 saturated heterocycles. The van der Waals surface area contributed by atoms with Crippen molar-refractivity contribution in [3.8, 4) is 17.2 Å². The maximum Gasteiger partial charge on any atom is 0.310 e. The van der Waals surface area contributed by atoms with Crippen LogP contribution in [-0.2, 0) is 11.2 Å². The molecule has 1 amide bonds. The van der Waals surface area contributed by atoms with Gasteiger partial charge in [-0.25, -0.2) is 4.79 Å². The number of hydrogen-bond donors (Lipinski definition) is 1. The van der Waals surface area contributed by atoms with Crippen LogP contribution in [0.1, 0.15) is 92.5 Å². The van der Waals surface area contributed by atoms with Crippen LogP contribution >= 0.6 is 0 Å². The lowest BCUT2D eigenvalue weighted by Gasteiger charge is -2.47. The van der Waals surface area contributed by atoms with Gasteiger partial charge in [-0.05, 0) is 82.6 Å². The number of aromatic hydroxyl groups is 1. The van der Waals surface area contributed by atoms with E-state index in [1.54, 1.807) is 7.11 Å². The van der Waals surface area contributed by atoms with Gasteiger partial charge in [-0.15, -0.1) is 0 Å². The number of methoxy groups -OCH3 is 1. The van der Waals surface area contributed by atoms with Crippen LogP contribution < -0.4 is 14.8 Å². The molecule has 5 nitrogen and oxygen atoms in total. The highest BCUT2D eigenvalue weighted by Crippen LogP contribution is 2.49. The summed E-state index contributed by atoms with van der Waals surface area (Å²) in [6.45, 7) is 4.26. The minimum Gasteiger partial charge on any atom is -0.578 e. The second-order valence-corrected chi connectivity index (χ2v) is 11.0. The van der Waals surface area contributed by atoms with Crippen LogP contribution in [0.3, 0.4) is 0 Å². The van der Waals surface area contributed by atoms with Crippen molar-refractivity contribution in [1.29, 1.82) is 0 Å². The van der Waals surface area contributed by atoms with Crippen LogP contribution in [0.5, 0.6) is 17.2 Å². The number of primary amides is 1. The zero-order valence-corrected chi connectivity index (χ0v) is 21.6. The van der Waals surface area contributed by atoms with Crippen molar-refractivity contribution in [2.75, 3.05) is 7.11 Å². The fourth-order valence-corrected chi connectivity index (χ4v) is 6.25. The van der Waals surface area contributed by atoms with E-state index < -0.39 is 0 Å². The van der Waals surface area contributed by atoms with E-state index in [-0.39, 0.29) is 17.6 Å². The molecule has 5 rings (SSSR count). The molecule has 1 unspecified atom stereocenters. The van der Waals surface area contributed by atoms with Gasteiger partial charge in [0.1, 0.15) is 17.4 Å². The van der Waals surface area contributed by atoms with Crippen LogP contribution in [0.2, 0.25) is 0 Å². The molecular weight excluding hydrogens is 438 g/mol. The van der Waals surface area contributed by atoms with Gasteiger partial charge in [0, 0.05) is 19.3 Å². The van der Waals surface area contributed by atoms with Gasteiger partial charge in [-0.3, -0.25) is 5.32 Å². The number of fused-ring (bicyclic) bond motifs is 1. The predicted molar refractivity (Wildman–Crippen MR) is 137 cm³/mol. The Bertz CT molecular complexity index is 1070. The van der Waals surface area contributed by atoms with Crippen LogP contribution in [0.15, 0.2) is 30.3 Å².